The number of benzene rings is 2. The fourth-order valence-corrected chi connectivity index (χ4v) is 5.15. The number of piperidine rings is 2. The normalized spacial score (nSPS) is 19.3. The van der Waals surface area contributed by atoms with E-state index < -0.39 is 0 Å². The van der Waals surface area contributed by atoms with Gasteiger partial charge in [-0.25, -0.2) is 4.79 Å². The van der Waals surface area contributed by atoms with Crippen LogP contribution >= 0.6 is 0 Å². The molecule has 3 aliphatic rings. The third kappa shape index (κ3) is 4.82. The number of carbonyl (C=O) groups is 2. The maximum atomic E-state index is 13.4. The van der Waals surface area contributed by atoms with Crippen LogP contribution in [0.25, 0.3) is 0 Å². The number of hydrogen-bond acceptors (Lipinski definition) is 7. The van der Waals surface area contributed by atoms with Gasteiger partial charge in [-0.2, -0.15) is 5.26 Å². The number of cyclic esters (lactones) is 1. The van der Waals surface area contributed by atoms with Crippen molar-refractivity contribution >= 4 is 17.7 Å². The highest BCUT2D eigenvalue weighted by Gasteiger charge is 2.35. The van der Waals surface area contributed by atoms with Crippen molar-refractivity contribution in [3.05, 3.63) is 53.6 Å². The van der Waals surface area contributed by atoms with Crippen LogP contribution in [0.4, 0.5) is 10.5 Å². The minimum atomic E-state index is -0.326. The quantitative estimate of drug-likeness (QED) is 0.625. The van der Waals surface area contributed by atoms with Crippen molar-refractivity contribution in [2.24, 2.45) is 5.92 Å². The van der Waals surface area contributed by atoms with Gasteiger partial charge in [0.25, 0.3) is 5.91 Å². The number of ether oxygens (including phenoxy) is 2. The smallest absolute Gasteiger partial charge is 0.414 e. The summed E-state index contributed by atoms with van der Waals surface area (Å²) in [7, 11) is 1.54. The van der Waals surface area contributed by atoms with Gasteiger partial charge in [-0.3, -0.25) is 9.69 Å². The Kier molecular flexibility index (Phi) is 6.96. The third-order valence-corrected chi connectivity index (χ3v) is 7.19. The first-order valence-electron chi connectivity index (χ1n) is 12.4. The predicted molar refractivity (Wildman–Crippen MR) is 132 cm³/mol. The van der Waals surface area contributed by atoms with E-state index >= 15 is 0 Å². The second kappa shape index (κ2) is 10.5. The molecule has 0 saturated carbocycles. The molecular formula is C27H30N4O5. The number of likely N-dealkylation sites (tertiary alicyclic amines) is 1. The van der Waals surface area contributed by atoms with E-state index in [4.69, 9.17) is 19.6 Å². The average molecular weight is 491 g/mol. The predicted octanol–water partition coefficient (Wildman–Crippen LogP) is 3.99. The fourth-order valence-electron chi connectivity index (χ4n) is 5.15. The second-order valence-electron chi connectivity index (χ2n) is 9.36. The van der Waals surface area contributed by atoms with E-state index in [1.807, 2.05) is 34.2 Å². The number of hydroxylamine groups is 2. The van der Waals surface area contributed by atoms with E-state index in [0.29, 0.717) is 62.7 Å². The Labute approximate surface area is 210 Å². The van der Waals surface area contributed by atoms with Gasteiger partial charge >= 0.3 is 6.09 Å². The van der Waals surface area contributed by atoms with Crippen LogP contribution in [0.2, 0.25) is 0 Å². The molecule has 3 aliphatic heterocycles. The molecule has 0 atom stereocenters. The van der Waals surface area contributed by atoms with Gasteiger partial charge in [0.15, 0.2) is 5.75 Å². The van der Waals surface area contributed by atoms with Gasteiger partial charge in [0.05, 0.1) is 24.4 Å². The molecule has 188 valence electrons. The first kappa shape index (κ1) is 23.9. The number of nitrogens with zero attached hydrogens (tertiary/aromatic N) is 4. The van der Waals surface area contributed by atoms with Crippen molar-refractivity contribution in [3.63, 3.8) is 0 Å². The van der Waals surface area contributed by atoms with Crippen LogP contribution in [-0.4, -0.2) is 61.3 Å². The summed E-state index contributed by atoms with van der Waals surface area (Å²) in [5, 5.41) is 10.9. The minimum Gasteiger partial charge on any atom is -0.496 e. The number of fused-ring (bicyclic) bond motifs is 1. The summed E-state index contributed by atoms with van der Waals surface area (Å²) < 4.78 is 10.9. The lowest BCUT2D eigenvalue weighted by Crippen LogP contribution is -2.50. The van der Waals surface area contributed by atoms with Crippen molar-refractivity contribution in [1.82, 2.24) is 9.96 Å². The summed E-state index contributed by atoms with van der Waals surface area (Å²) in [5.41, 5.74) is 2.37. The number of hydrogen-bond donors (Lipinski definition) is 0. The van der Waals surface area contributed by atoms with Gasteiger partial charge in [-0.1, -0.05) is 18.2 Å². The first-order chi connectivity index (χ1) is 17.6. The summed E-state index contributed by atoms with van der Waals surface area (Å²) in [5.74, 6) is 1.03. The maximum absolute atomic E-state index is 13.4. The molecule has 9 heteroatoms. The van der Waals surface area contributed by atoms with Crippen LogP contribution < -0.4 is 14.5 Å². The van der Waals surface area contributed by atoms with Crippen molar-refractivity contribution in [2.75, 3.05) is 38.2 Å². The van der Waals surface area contributed by atoms with Crippen LogP contribution in [0.5, 0.6) is 11.5 Å². The number of nitriles is 1. The zero-order valence-corrected chi connectivity index (χ0v) is 20.4. The molecule has 2 saturated heterocycles. The summed E-state index contributed by atoms with van der Waals surface area (Å²) in [4.78, 5) is 35.4. The molecule has 0 unspecified atom stereocenters. The van der Waals surface area contributed by atoms with Gasteiger partial charge in [0.1, 0.15) is 12.4 Å². The molecule has 0 bridgehead atoms. The molecule has 0 radical (unpaired) electrons. The summed E-state index contributed by atoms with van der Waals surface area (Å²) in [6.45, 7) is 2.73. The number of anilines is 1. The fraction of sp³-hybridized carbons (Fsp3) is 0.444. The van der Waals surface area contributed by atoms with E-state index in [9.17, 15) is 9.59 Å². The third-order valence-electron chi connectivity index (χ3n) is 7.19. The highest BCUT2D eigenvalue weighted by Crippen LogP contribution is 2.33. The van der Waals surface area contributed by atoms with Crippen LogP contribution in [0.1, 0.15) is 41.6 Å². The molecule has 0 aromatic heterocycles. The standard InChI is InChI=1S/C27H30N4O5/c1-34-25-16-22(36-30-14-8-19(17-28)9-15-30)6-7-23(25)26(32)29-12-10-21(11-13-29)31-24-5-3-2-4-20(24)18-35-27(31)33/h2-7,16,19,21H,8-15,18H2,1H3. The largest absolute Gasteiger partial charge is 0.496 e. The van der Waals surface area contributed by atoms with Crippen molar-refractivity contribution in [3.8, 4) is 17.6 Å². The Morgan fingerprint density at radius 2 is 1.81 bits per heavy atom. The Bertz CT molecular complexity index is 1160. The lowest BCUT2D eigenvalue weighted by molar-refractivity contribution is -0.0775. The molecule has 0 N–H and O–H groups in total. The van der Waals surface area contributed by atoms with Crippen LogP contribution in [0, 0.1) is 17.2 Å². The van der Waals surface area contributed by atoms with E-state index in [1.165, 1.54) is 0 Å². The molecule has 36 heavy (non-hydrogen) atoms. The molecule has 2 fully saturated rings. The SMILES string of the molecule is COc1cc(ON2CCC(C#N)CC2)ccc1C(=O)N1CCC(N2C(=O)OCc3ccccc32)CC1. The van der Waals surface area contributed by atoms with E-state index in [0.717, 1.165) is 24.1 Å². The molecule has 2 aromatic rings. The molecule has 3 heterocycles. The van der Waals surface area contributed by atoms with Gasteiger partial charge in [-0.05, 0) is 43.9 Å². The Balaban J connectivity index is 1.22. The van der Waals surface area contributed by atoms with Gasteiger partial charge < -0.3 is 19.2 Å². The molecule has 5 rings (SSSR count). The highest BCUT2D eigenvalue weighted by atomic mass is 16.7. The van der Waals surface area contributed by atoms with Crippen molar-refractivity contribution < 1.29 is 23.9 Å². The summed E-state index contributed by atoms with van der Waals surface area (Å²) in [6, 6.07) is 15.3. The highest BCUT2D eigenvalue weighted by molar-refractivity contribution is 5.97. The zero-order chi connectivity index (χ0) is 25.1. The minimum absolute atomic E-state index is 0.0224. The molecule has 2 amide bonds. The Hall–Kier alpha value is -3.77. The second-order valence-corrected chi connectivity index (χ2v) is 9.36. The van der Waals surface area contributed by atoms with Crippen LogP contribution in [-0.2, 0) is 11.3 Å². The van der Waals surface area contributed by atoms with E-state index in [2.05, 4.69) is 6.07 Å². The zero-order valence-electron chi connectivity index (χ0n) is 20.4. The van der Waals surface area contributed by atoms with E-state index in [1.54, 1.807) is 30.2 Å². The van der Waals surface area contributed by atoms with Gasteiger partial charge in [0, 0.05) is 49.8 Å². The van der Waals surface area contributed by atoms with E-state index in [-0.39, 0.29) is 24.0 Å². The first-order valence-corrected chi connectivity index (χ1v) is 12.4. The maximum Gasteiger partial charge on any atom is 0.414 e. The topological polar surface area (TPSA) is 95.3 Å². The molecule has 0 spiro atoms. The number of amides is 2. The Morgan fingerprint density at radius 1 is 1.06 bits per heavy atom. The van der Waals surface area contributed by atoms with Crippen LogP contribution in [0.3, 0.4) is 0 Å². The van der Waals surface area contributed by atoms with Gasteiger partial charge in [-0.15, -0.1) is 5.06 Å². The number of para-hydroxylation sites is 1. The van der Waals surface area contributed by atoms with Crippen LogP contribution in [0.15, 0.2) is 42.5 Å². The number of rotatable bonds is 5. The number of carbonyl (C=O) groups excluding carboxylic acids is 2. The summed E-state index contributed by atoms with van der Waals surface area (Å²) >= 11 is 0. The average Bonchev–Trinajstić information content (AvgIpc) is 2.93. The van der Waals surface area contributed by atoms with Crippen molar-refractivity contribution in [1.29, 1.82) is 5.26 Å². The lowest BCUT2D eigenvalue weighted by atomic mass is 10.00. The Morgan fingerprint density at radius 3 is 2.53 bits per heavy atom. The van der Waals surface area contributed by atoms with Gasteiger partial charge in [0.2, 0.25) is 0 Å². The lowest BCUT2D eigenvalue weighted by Gasteiger charge is -2.40. The molecular weight excluding hydrogens is 460 g/mol. The van der Waals surface area contributed by atoms with Crippen molar-refractivity contribution in [2.45, 2.75) is 38.3 Å². The monoisotopic (exact) mass is 490 g/mol. The molecule has 2 aromatic carbocycles. The summed E-state index contributed by atoms with van der Waals surface area (Å²) in [6.07, 6.45) is 2.56. The molecule has 0 aliphatic carbocycles. The number of methoxy groups -OCH3 is 1. The molecule has 9 nitrogen and oxygen atoms in total.